The molecule has 26 heavy (non-hydrogen) atoms. The van der Waals surface area contributed by atoms with Gasteiger partial charge in [0, 0.05) is 19.7 Å². The maximum Gasteiger partial charge on any atom is 0.390 e. The van der Waals surface area contributed by atoms with Crippen LogP contribution in [0.1, 0.15) is 22.5 Å². The number of ketones is 1. The molecule has 0 N–H and O–H groups in total. The summed E-state index contributed by atoms with van der Waals surface area (Å²) in [6.07, 6.45) is -5.05. The second kappa shape index (κ2) is 7.51. The van der Waals surface area contributed by atoms with Crippen molar-refractivity contribution >= 4 is 31.6 Å². The molecular weight excluding hydrogens is 442 g/mol. The average molecular weight is 456 g/mol. The van der Waals surface area contributed by atoms with Gasteiger partial charge < -0.3 is 4.57 Å². The first-order chi connectivity index (χ1) is 11.9. The second-order valence-corrected chi connectivity index (χ2v) is 8.67. The third-order valence-electron chi connectivity index (χ3n) is 3.63. The number of carbonyl (C=O) groups excluding carboxylic acids is 1. The van der Waals surface area contributed by atoms with E-state index in [0.29, 0.717) is 5.56 Å². The zero-order chi connectivity index (χ0) is 19.7. The van der Waals surface area contributed by atoms with Crippen LogP contribution in [0, 0.1) is 5.82 Å². The van der Waals surface area contributed by atoms with Crippen molar-refractivity contribution in [1.82, 2.24) is 4.57 Å². The lowest BCUT2D eigenvalue weighted by Crippen LogP contribution is -2.16. The number of hydrogen-bond donors (Lipinski definition) is 0. The fourth-order valence-corrected chi connectivity index (χ4v) is 4.05. The molecule has 2 aromatic rings. The zero-order valence-corrected chi connectivity index (χ0v) is 15.9. The maximum absolute atomic E-state index is 13.2. The van der Waals surface area contributed by atoms with Gasteiger partial charge in [-0.3, -0.25) is 4.79 Å². The summed E-state index contributed by atoms with van der Waals surface area (Å²) in [7, 11) is -2.74. The van der Waals surface area contributed by atoms with Crippen LogP contribution in [0.15, 0.2) is 39.8 Å². The summed E-state index contributed by atoms with van der Waals surface area (Å²) in [5.41, 5.74) is 0.544. The molecule has 0 fully saturated rings. The fraction of sp³-hybridized carbons (Fsp3) is 0.312. The van der Waals surface area contributed by atoms with Crippen LogP contribution in [-0.2, 0) is 23.3 Å². The van der Waals surface area contributed by atoms with E-state index in [0.717, 1.165) is 12.3 Å². The van der Waals surface area contributed by atoms with Gasteiger partial charge in [0.05, 0.1) is 27.2 Å². The molecule has 0 aliphatic heterocycles. The largest absolute Gasteiger partial charge is 0.390 e. The molecule has 142 valence electrons. The Morgan fingerprint density at radius 3 is 2.46 bits per heavy atom. The smallest absolute Gasteiger partial charge is 0.347 e. The third-order valence-corrected chi connectivity index (χ3v) is 5.92. The number of sulfone groups is 1. The summed E-state index contributed by atoms with van der Waals surface area (Å²) in [6.45, 7) is 0. The molecule has 0 atom stereocenters. The Kier molecular flexibility index (Phi) is 5.96. The monoisotopic (exact) mass is 455 g/mol. The van der Waals surface area contributed by atoms with Gasteiger partial charge in [-0.25, -0.2) is 12.8 Å². The number of aryl methyl sites for hydroxylation is 1. The number of hydrogen-bond acceptors (Lipinski definition) is 3. The van der Waals surface area contributed by atoms with Gasteiger partial charge in [0.25, 0.3) is 0 Å². The van der Waals surface area contributed by atoms with Crippen molar-refractivity contribution in [3.8, 4) is 0 Å². The number of carbonyl (C=O) groups is 1. The number of aromatic nitrogens is 1. The molecule has 0 amide bonds. The molecule has 2 rings (SSSR count). The van der Waals surface area contributed by atoms with Crippen molar-refractivity contribution in [1.29, 1.82) is 0 Å². The van der Waals surface area contributed by atoms with E-state index in [1.165, 1.54) is 29.8 Å². The van der Waals surface area contributed by atoms with E-state index in [2.05, 4.69) is 15.9 Å². The van der Waals surface area contributed by atoms with Crippen LogP contribution in [0.3, 0.4) is 0 Å². The average Bonchev–Trinajstić information content (AvgIpc) is 2.91. The van der Waals surface area contributed by atoms with Crippen molar-refractivity contribution in [2.75, 3.05) is 5.75 Å². The molecule has 0 saturated heterocycles. The van der Waals surface area contributed by atoms with Crippen LogP contribution in [-0.4, -0.2) is 30.7 Å². The Bertz CT molecular complexity index is 935. The van der Waals surface area contributed by atoms with E-state index in [-0.39, 0.29) is 21.5 Å². The van der Waals surface area contributed by atoms with Gasteiger partial charge in [-0.1, -0.05) is 6.07 Å². The van der Waals surface area contributed by atoms with Gasteiger partial charge in [0.15, 0.2) is 15.6 Å². The first-order valence-electron chi connectivity index (χ1n) is 7.32. The summed E-state index contributed by atoms with van der Waals surface area (Å²) < 4.78 is 75.5. The minimum Gasteiger partial charge on any atom is -0.347 e. The lowest BCUT2D eigenvalue weighted by molar-refractivity contribution is -0.129. The highest BCUT2D eigenvalue weighted by Gasteiger charge is 2.31. The number of Topliss-reactive ketones (excluding diaryl/α,β-unsaturated/α-hetero) is 1. The quantitative estimate of drug-likeness (QED) is 0.487. The van der Waals surface area contributed by atoms with E-state index < -0.39 is 39.8 Å². The summed E-state index contributed by atoms with van der Waals surface area (Å²) in [4.78, 5) is 12.0. The van der Waals surface area contributed by atoms with Crippen molar-refractivity contribution in [3.05, 3.63) is 52.0 Å². The highest BCUT2D eigenvalue weighted by molar-refractivity contribution is 9.10. The Morgan fingerprint density at radius 2 is 1.88 bits per heavy atom. The van der Waals surface area contributed by atoms with Gasteiger partial charge in [0.1, 0.15) is 5.82 Å². The molecule has 0 bridgehead atoms. The standard InChI is InChI=1S/C16H14BrF4NO3S/c1-22-9-11(26(24,25)5-4-16(19,20)21)8-14(22)15(23)7-10-2-3-13(18)12(17)6-10/h2-3,6,8-9H,4-5,7H2,1H3. The van der Waals surface area contributed by atoms with E-state index in [4.69, 9.17) is 0 Å². The number of benzene rings is 1. The molecule has 1 heterocycles. The van der Waals surface area contributed by atoms with Crippen molar-refractivity contribution in [2.45, 2.75) is 23.9 Å². The molecular formula is C16H14BrF4NO3S. The number of nitrogens with zero attached hydrogens (tertiary/aromatic N) is 1. The van der Waals surface area contributed by atoms with Crippen LogP contribution in [0.25, 0.3) is 0 Å². The first kappa shape index (κ1) is 20.6. The molecule has 0 aliphatic rings. The number of rotatable bonds is 6. The summed E-state index contributed by atoms with van der Waals surface area (Å²) in [5.74, 6) is -2.01. The minimum atomic E-state index is -4.59. The molecule has 4 nitrogen and oxygen atoms in total. The van der Waals surface area contributed by atoms with Crippen molar-refractivity contribution in [2.24, 2.45) is 7.05 Å². The van der Waals surface area contributed by atoms with Crippen molar-refractivity contribution in [3.63, 3.8) is 0 Å². The van der Waals surface area contributed by atoms with Crippen LogP contribution in [0.2, 0.25) is 0 Å². The zero-order valence-electron chi connectivity index (χ0n) is 13.5. The Morgan fingerprint density at radius 1 is 1.23 bits per heavy atom. The maximum atomic E-state index is 13.2. The highest BCUT2D eigenvalue weighted by atomic mass is 79.9. The van der Waals surface area contributed by atoms with Gasteiger partial charge >= 0.3 is 6.18 Å². The molecule has 0 radical (unpaired) electrons. The summed E-state index contributed by atoms with van der Waals surface area (Å²) in [6, 6.07) is 5.09. The highest BCUT2D eigenvalue weighted by Crippen LogP contribution is 2.24. The van der Waals surface area contributed by atoms with Gasteiger partial charge in [-0.05, 0) is 39.7 Å². The molecule has 1 aromatic carbocycles. The van der Waals surface area contributed by atoms with Crippen LogP contribution in [0.4, 0.5) is 17.6 Å². The fourth-order valence-electron chi connectivity index (χ4n) is 2.28. The Hall–Kier alpha value is -1.68. The predicted octanol–water partition coefficient (Wildman–Crippen LogP) is 4.08. The normalized spacial score (nSPS) is 12.4. The minimum absolute atomic E-state index is 0.0380. The van der Waals surface area contributed by atoms with Crippen LogP contribution in [0.5, 0.6) is 0 Å². The van der Waals surface area contributed by atoms with Gasteiger partial charge in [-0.15, -0.1) is 0 Å². The van der Waals surface area contributed by atoms with E-state index in [1.807, 2.05) is 0 Å². The van der Waals surface area contributed by atoms with E-state index in [1.54, 1.807) is 0 Å². The molecule has 0 saturated carbocycles. The first-order valence-corrected chi connectivity index (χ1v) is 9.76. The topological polar surface area (TPSA) is 56.1 Å². The molecule has 10 heteroatoms. The Balaban J connectivity index is 2.21. The van der Waals surface area contributed by atoms with Gasteiger partial charge in [-0.2, -0.15) is 13.2 Å². The molecule has 0 spiro atoms. The van der Waals surface area contributed by atoms with E-state index in [9.17, 15) is 30.8 Å². The van der Waals surface area contributed by atoms with Crippen molar-refractivity contribution < 1.29 is 30.8 Å². The Labute approximate surface area is 155 Å². The summed E-state index contributed by atoms with van der Waals surface area (Å²) >= 11 is 3.01. The predicted molar refractivity (Wildman–Crippen MR) is 90.3 cm³/mol. The van der Waals surface area contributed by atoms with Crippen LogP contribution >= 0.6 is 15.9 Å². The van der Waals surface area contributed by atoms with Crippen LogP contribution < -0.4 is 0 Å². The third kappa shape index (κ3) is 5.16. The number of halogens is 5. The SMILES string of the molecule is Cn1cc(S(=O)(=O)CCC(F)(F)F)cc1C(=O)Cc1ccc(F)c(Br)c1. The number of alkyl halides is 3. The molecule has 0 aliphatic carbocycles. The van der Waals surface area contributed by atoms with E-state index >= 15 is 0 Å². The van der Waals surface area contributed by atoms with Gasteiger partial charge in [0.2, 0.25) is 0 Å². The summed E-state index contributed by atoms with van der Waals surface area (Å²) in [5, 5.41) is 0. The lowest BCUT2D eigenvalue weighted by atomic mass is 10.1. The second-order valence-electron chi connectivity index (χ2n) is 5.70. The molecule has 0 unspecified atom stereocenters. The molecule has 1 aromatic heterocycles. The lowest BCUT2D eigenvalue weighted by Gasteiger charge is -2.05.